The first-order chi connectivity index (χ1) is 12.6. The zero-order chi connectivity index (χ0) is 18.1. The predicted octanol–water partition coefficient (Wildman–Crippen LogP) is 2.80. The minimum absolute atomic E-state index is 0.123. The Morgan fingerprint density at radius 1 is 1.38 bits per heavy atom. The number of aryl methyl sites for hydroxylation is 1. The van der Waals surface area contributed by atoms with Gasteiger partial charge in [0, 0.05) is 37.2 Å². The third-order valence-electron chi connectivity index (χ3n) is 4.06. The summed E-state index contributed by atoms with van der Waals surface area (Å²) >= 11 is 1.53. The number of rotatable bonds is 5. The monoisotopic (exact) mass is 368 g/mol. The highest BCUT2D eigenvalue weighted by Crippen LogP contribution is 2.23. The van der Waals surface area contributed by atoms with Gasteiger partial charge in [-0.3, -0.25) is 9.59 Å². The number of carbonyl (C=O) groups excluding carboxylic acids is 2. The van der Waals surface area contributed by atoms with Crippen LogP contribution in [0.3, 0.4) is 0 Å². The number of nitrogens with zero attached hydrogens (tertiary/aromatic N) is 2. The van der Waals surface area contributed by atoms with Crippen LogP contribution >= 0.6 is 11.8 Å². The van der Waals surface area contributed by atoms with E-state index in [-0.39, 0.29) is 17.6 Å². The van der Waals surface area contributed by atoms with Gasteiger partial charge in [-0.2, -0.15) is 0 Å². The number of hydrogen-bond acceptors (Lipinski definition) is 5. The van der Waals surface area contributed by atoms with Crippen molar-refractivity contribution < 1.29 is 14.0 Å². The number of nitrogens with one attached hydrogen (secondary N) is 2. The van der Waals surface area contributed by atoms with E-state index >= 15 is 0 Å². The van der Waals surface area contributed by atoms with E-state index in [9.17, 15) is 9.59 Å². The third kappa shape index (κ3) is 3.23. The topological polar surface area (TPSA) is 89.2 Å². The van der Waals surface area contributed by atoms with E-state index < -0.39 is 0 Å². The second-order valence-electron chi connectivity index (χ2n) is 5.88. The van der Waals surface area contributed by atoms with Crippen LogP contribution in [0.15, 0.2) is 52.3 Å². The molecule has 2 N–H and O–H groups in total. The molecule has 0 unspecified atom stereocenters. The van der Waals surface area contributed by atoms with Crippen molar-refractivity contribution in [1.82, 2.24) is 14.9 Å². The largest absolute Gasteiger partial charge is 0.455 e. The van der Waals surface area contributed by atoms with Gasteiger partial charge in [0.1, 0.15) is 5.76 Å². The maximum Gasteiger partial charge on any atom is 0.291 e. The number of fused-ring (bicyclic) bond motifs is 1. The molecule has 0 bridgehead atoms. The van der Waals surface area contributed by atoms with Gasteiger partial charge in [-0.05, 0) is 29.8 Å². The van der Waals surface area contributed by atoms with Crippen molar-refractivity contribution in [2.24, 2.45) is 7.05 Å². The normalized spacial score (nSPS) is 12.7. The van der Waals surface area contributed by atoms with Gasteiger partial charge in [-0.1, -0.05) is 17.8 Å². The third-order valence-corrected chi connectivity index (χ3v) is 5.14. The summed E-state index contributed by atoms with van der Waals surface area (Å²) in [6.07, 6.45) is 3.61. The Labute approximate surface area is 153 Å². The molecule has 132 valence electrons. The minimum Gasteiger partial charge on any atom is -0.455 e. The highest BCUT2D eigenvalue weighted by atomic mass is 32.2. The van der Waals surface area contributed by atoms with E-state index in [2.05, 4.69) is 15.6 Å². The fourth-order valence-corrected chi connectivity index (χ4v) is 3.51. The highest BCUT2D eigenvalue weighted by molar-refractivity contribution is 7.98. The van der Waals surface area contributed by atoms with Crippen molar-refractivity contribution in [3.63, 3.8) is 0 Å². The number of benzene rings is 1. The number of imidazole rings is 1. The Balaban J connectivity index is 1.41. The highest BCUT2D eigenvalue weighted by Gasteiger charge is 2.20. The molecule has 0 saturated carbocycles. The Morgan fingerprint density at radius 2 is 2.27 bits per heavy atom. The molecule has 8 heteroatoms. The Hall–Kier alpha value is -3.00. The second kappa shape index (κ2) is 6.72. The summed E-state index contributed by atoms with van der Waals surface area (Å²) in [7, 11) is 1.92. The van der Waals surface area contributed by atoms with Gasteiger partial charge in [0.2, 0.25) is 0 Å². The number of hydrogen-bond donors (Lipinski definition) is 2. The molecule has 1 aromatic carbocycles. The summed E-state index contributed by atoms with van der Waals surface area (Å²) in [6, 6.07) is 8.71. The molecular weight excluding hydrogens is 352 g/mol. The summed E-state index contributed by atoms with van der Waals surface area (Å²) in [5, 5.41) is 6.39. The summed E-state index contributed by atoms with van der Waals surface area (Å²) in [4.78, 5) is 28.3. The van der Waals surface area contributed by atoms with Crippen molar-refractivity contribution >= 4 is 29.3 Å². The Kier molecular flexibility index (Phi) is 4.26. The molecule has 0 atom stereocenters. The van der Waals surface area contributed by atoms with Gasteiger partial charge in [-0.25, -0.2) is 4.98 Å². The summed E-state index contributed by atoms with van der Waals surface area (Å²) in [5.41, 5.74) is 2.08. The smallest absolute Gasteiger partial charge is 0.291 e. The molecule has 0 spiro atoms. The molecule has 3 heterocycles. The number of furan rings is 1. The van der Waals surface area contributed by atoms with Crippen LogP contribution in [0.2, 0.25) is 0 Å². The zero-order valence-electron chi connectivity index (χ0n) is 14.0. The molecule has 0 radical (unpaired) electrons. The first kappa shape index (κ1) is 16.5. The quantitative estimate of drug-likeness (QED) is 0.676. The van der Waals surface area contributed by atoms with E-state index in [0.717, 1.165) is 10.7 Å². The SMILES string of the molecule is Cn1ccnc1SCc1ccc(C(=O)Nc2ccc3c(c2)C(=O)NC3)o1. The van der Waals surface area contributed by atoms with Crippen molar-refractivity contribution in [2.75, 3.05) is 5.32 Å². The average molecular weight is 368 g/mol. The standard InChI is InChI=1S/C18H16N4O3S/c1-22-7-6-19-18(22)26-10-13-4-5-15(25-13)17(24)21-12-3-2-11-9-20-16(23)14(11)8-12/h2-8H,9-10H2,1H3,(H,20,23)(H,21,24). The van der Waals surface area contributed by atoms with Crippen LogP contribution in [-0.2, 0) is 19.3 Å². The molecule has 26 heavy (non-hydrogen) atoms. The van der Waals surface area contributed by atoms with Crippen LogP contribution in [-0.4, -0.2) is 21.4 Å². The van der Waals surface area contributed by atoms with Crippen molar-refractivity contribution in [3.05, 3.63) is 65.4 Å². The first-order valence-electron chi connectivity index (χ1n) is 8.01. The number of anilines is 1. The van der Waals surface area contributed by atoms with Crippen LogP contribution < -0.4 is 10.6 Å². The molecule has 3 aromatic rings. The van der Waals surface area contributed by atoms with E-state index in [0.29, 0.717) is 29.3 Å². The molecular formula is C18H16N4O3S. The molecule has 1 aliphatic rings. The van der Waals surface area contributed by atoms with Crippen molar-refractivity contribution in [1.29, 1.82) is 0 Å². The summed E-state index contributed by atoms with van der Waals surface area (Å²) < 4.78 is 7.54. The van der Waals surface area contributed by atoms with Crippen LogP contribution in [0, 0.1) is 0 Å². The van der Waals surface area contributed by atoms with E-state index in [1.807, 2.05) is 23.9 Å². The van der Waals surface area contributed by atoms with Crippen LogP contribution in [0.1, 0.15) is 32.2 Å². The fourth-order valence-electron chi connectivity index (χ4n) is 2.69. The number of amides is 2. The van der Waals surface area contributed by atoms with Crippen LogP contribution in [0.25, 0.3) is 0 Å². The van der Waals surface area contributed by atoms with Gasteiger partial charge in [0.05, 0.1) is 5.75 Å². The number of aromatic nitrogens is 2. The lowest BCUT2D eigenvalue weighted by atomic mass is 10.1. The van der Waals surface area contributed by atoms with Crippen molar-refractivity contribution in [3.8, 4) is 0 Å². The van der Waals surface area contributed by atoms with Gasteiger partial charge in [0.15, 0.2) is 10.9 Å². The molecule has 2 amide bonds. The molecule has 0 fully saturated rings. The van der Waals surface area contributed by atoms with Crippen LogP contribution in [0.5, 0.6) is 0 Å². The maximum atomic E-state index is 12.4. The average Bonchev–Trinajstić information content (AvgIpc) is 3.34. The predicted molar refractivity (Wildman–Crippen MR) is 97.0 cm³/mol. The van der Waals surface area contributed by atoms with E-state index in [1.54, 1.807) is 30.5 Å². The molecule has 7 nitrogen and oxygen atoms in total. The number of carbonyl (C=O) groups is 2. The fraction of sp³-hybridized carbons (Fsp3) is 0.167. The second-order valence-corrected chi connectivity index (χ2v) is 6.83. The lowest BCUT2D eigenvalue weighted by Gasteiger charge is -2.05. The molecule has 0 aliphatic carbocycles. The number of thioether (sulfide) groups is 1. The van der Waals surface area contributed by atoms with Gasteiger partial charge >= 0.3 is 0 Å². The minimum atomic E-state index is -0.350. The lowest BCUT2D eigenvalue weighted by molar-refractivity contribution is 0.0963. The summed E-state index contributed by atoms with van der Waals surface area (Å²) in [5.74, 6) is 1.03. The molecule has 2 aromatic heterocycles. The van der Waals surface area contributed by atoms with Crippen molar-refractivity contribution in [2.45, 2.75) is 17.5 Å². The zero-order valence-corrected chi connectivity index (χ0v) is 14.8. The maximum absolute atomic E-state index is 12.4. The van der Waals surface area contributed by atoms with Crippen LogP contribution in [0.4, 0.5) is 5.69 Å². The summed E-state index contributed by atoms with van der Waals surface area (Å²) in [6.45, 7) is 0.525. The van der Waals surface area contributed by atoms with Gasteiger partial charge in [-0.15, -0.1) is 0 Å². The lowest BCUT2D eigenvalue weighted by Crippen LogP contribution is -2.13. The first-order valence-corrected chi connectivity index (χ1v) is 9.00. The van der Waals surface area contributed by atoms with Gasteiger partial charge in [0.25, 0.3) is 11.8 Å². The molecule has 4 rings (SSSR count). The Bertz CT molecular complexity index is 992. The molecule has 1 aliphatic heterocycles. The van der Waals surface area contributed by atoms with E-state index in [4.69, 9.17) is 4.42 Å². The Morgan fingerprint density at radius 3 is 3.08 bits per heavy atom. The van der Waals surface area contributed by atoms with Gasteiger partial charge < -0.3 is 19.6 Å². The molecule has 0 saturated heterocycles. The van der Waals surface area contributed by atoms with E-state index in [1.165, 1.54) is 11.8 Å².